The van der Waals surface area contributed by atoms with Crippen LogP contribution < -0.4 is 0 Å². The molecule has 8 heteroatoms. The number of imide groups is 1. The van der Waals surface area contributed by atoms with Crippen LogP contribution in [0.2, 0.25) is 0 Å². The molecule has 2 amide bonds. The lowest BCUT2D eigenvalue weighted by atomic mass is 9.98. The minimum absolute atomic E-state index is 0.102. The molecule has 3 saturated heterocycles. The van der Waals surface area contributed by atoms with Crippen molar-refractivity contribution in [1.29, 1.82) is 0 Å². The van der Waals surface area contributed by atoms with Crippen molar-refractivity contribution in [2.75, 3.05) is 0 Å². The van der Waals surface area contributed by atoms with E-state index in [1.807, 2.05) is 13.0 Å². The fourth-order valence-electron chi connectivity index (χ4n) is 4.36. The molecule has 2 bridgehead atoms. The summed E-state index contributed by atoms with van der Waals surface area (Å²) in [6.07, 6.45) is 3.33. The zero-order valence-electron chi connectivity index (χ0n) is 13.5. The molecule has 0 aliphatic carbocycles. The number of carbonyl (C=O) groups is 2. The van der Waals surface area contributed by atoms with Gasteiger partial charge in [0.2, 0.25) is 11.8 Å². The average Bonchev–Trinajstić information content (AvgIpc) is 3.17. The molecular weight excluding hydrogens is 348 g/mol. The van der Waals surface area contributed by atoms with E-state index in [0.717, 1.165) is 17.7 Å². The largest absolute Gasteiger partial charge is 0.279 e. The molecule has 3 aliphatic heterocycles. The van der Waals surface area contributed by atoms with Crippen LogP contribution in [0, 0.1) is 6.92 Å². The van der Waals surface area contributed by atoms with Crippen LogP contribution in [0.3, 0.4) is 0 Å². The first-order valence-electron chi connectivity index (χ1n) is 8.33. The summed E-state index contributed by atoms with van der Waals surface area (Å²) in [5.41, 5.74) is 0. The lowest BCUT2D eigenvalue weighted by Crippen LogP contribution is -2.53. The third-order valence-corrected chi connectivity index (χ3v) is 8.82. The van der Waals surface area contributed by atoms with Gasteiger partial charge in [0.25, 0.3) is 10.0 Å². The molecule has 24 heavy (non-hydrogen) atoms. The van der Waals surface area contributed by atoms with E-state index >= 15 is 0 Å². The van der Waals surface area contributed by atoms with E-state index in [0.29, 0.717) is 29.9 Å². The van der Waals surface area contributed by atoms with Crippen molar-refractivity contribution in [3.63, 3.8) is 0 Å². The highest BCUT2D eigenvalue weighted by molar-refractivity contribution is 7.91. The number of thiophene rings is 1. The maximum Gasteiger partial charge on any atom is 0.253 e. The summed E-state index contributed by atoms with van der Waals surface area (Å²) in [6, 6.07) is 3.15. The molecule has 4 rings (SSSR count). The van der Waals surface area contributed by atoms with Crippen LogP contribution in [0.1, 0.15) is 43.4 Å². The van der Waals surface area contributed by atoms with Crippen molar-refractivity contribution in [3.8, 4) is 0 Å². The van der Waals surface area contributed by atoms with Gasteiger partial charge in [-0.1, -0.05) is 0 Å². The minimum atomic E-state index is -3.49. The Bertz CT molecular complexity index is 771. The Kier molecular flexibility index (Phi) is 3.81. The average molecular weight is 368 g/mol. The Balaban J connectivity index is 1.59. The molecule has 4 heterocycles. The normalized spacial score (nSPS) is 31.2. The Hall–Kier alpha value is -1.25. The first kappa shape index (κ1) is 16.2. The summed E-state index contributed by atoms with van der Waals surface area (Å²) in [6.45, 7) is 1.90. The first-order chi connectivity index (χ1) is 11.4. The van der Waals surface area contributed by atoms with Crippen molar-refractivity contribution < 1.29 is 18.0 Å². The predicted octanol–water partition coefficient (Wildman–Crippen LogP) is 1.89. The third-order valence-electron chi connectivity index (χ3n) is 5.34. The van der Waals surface area contributed by atoms with E-state index in [1.54, 1.807) is 10.4 Å². The van der Waals surface area contributed by atoms with Crippen LogP contribution in [-0.4, -0.2) is 47.6 Å². The molecule has 1 aromatic rings. The highest BCUT2D eigenvalue weighted by Crippen LogP contribution is 2.42. The lowest BCUT2D eigenvalue weighted by molar-refractivity contribution is -0.142. The van der Waals surface area contributed by atoms with Gasteiger partial charge in [-0.25, -0.2) is 8.42 Å². The molecule has 6 nitrogen and oxygen atoms in total. The number of amides is 2. The monoisotopic (exact) mass is 368 g/mol. The van der Waals surface area contributed by atoms with Crippen molar-refractivity contribution in [2.45, 2.75) is 67.8 Å². The van der Waals surface area contributed by atoms with Crippen LogP contribution in [-0.2, 0) is 19.6 Å². The summed E-state index contributed by atoms with van der Waals surface area (Å²) in [5, 5.41) is 0. The zero-order chi connectivity index (χ0) is 17.1. The lowest BCUT2D eigenvalue weighted by Gasteiger charge is -2.40. The number of nitrogens with zero attached hydrogens (tertiary/aromatic N) is 2. The first-order valence-corrected chi connectivity index (χ1v) is 10.6. The van der Waals surface area contributed by atoms with Gasteiger partial charge >= 0.3 is 0 Å². The quantitative estimate of drug-likeness (QED) is 0.764. The summed E-state index contributed by atoms with van der Waals surface area (Å²) in [5.74, 6) is -0.204. The van der Waals surface area contributed by atoms with Gasteiger partial charge < -0.3 is 0 Å². The molecule has 0 aromatic carbocycles. The summed E-state index contributed by atoms with van der Waals surface area (Å²) in [7, 11) is -3.49. The fourth-order valence-corrected chi connectivity index (χ4v) is 7.64. The minimum Gasteiger partial charge on any atom is -0.279 e. The van der Waals surface area contributed by atoms with Gasteiger partial charge in [0, 0.05) is 35.8 Å². The van der Waals surface area contributed by atoms with Crippen molar-refractivity contribution in [2.24, 2.45) is 0 Å². The van der Waals surface area contributed by atoms with Crippen LogP contribution in [0.5, 0.6) is 0 Å². The van der Waals surface area contributed by atoms with E-state index in [1.165, 1.54) is 16.2 Å². The molecule has 3 fully saturated rings. The second kappa shape index (κ2) is 5.64. The topological polar surface area (TPSA) is 74.8 Å². The number of fused-ring (bicyclic) bond motifs is 2. The van der Waals surface area contributed by atoms with Crippen LogP contribution in [0.25, 0.3) is 0 Å². The van der Waals surface area contributed by atoms with E-state index in [4.69, 9.17) is 0 Å². The number of likely N-dealkylation sites (tertiary alicyclic amines) is 1. The van der Waals surface area contributed by atoms with Gasteiger partial charge in [-0.05, 0) is 44.7 Å². The van der Waals surface area contributed by atoms with Crippen molar-refractivity contribution in [3.05, 3.63) is 17.0 Å². The van der Waals surface area contributed by atoms with Gasteiger partial charge in [0.1, 0.15) is 4.21 Å². The summed E-state index contributed by atoms with van der Waals surface area (Å²) in [4.78, 5) is 26.4. The van der Waals surface area contributed by atoms with Crippen molar-refractivity contribution in [1.82, 2.24) is 9.21 Å². The van der Waals surface area contributed by atoms with Gasteiger partial charge in [-0.15, -0.1) is 11.3 Å². The van der Waals surface area contributed by atoms with Crippen LogP contribution in [0.4, 0.5) is 0 Å². The second-order valence-electron chi connectivity index (χ2n) is 6.87. The van der Waals surface area contributed by atoms with Crippen LogP contribution >= 0.6 is 11.3 Å². The number of rotatable bonds is 3. The second-order valence-corrected chi connectivity index (χ2v) is 10.2. The fraction of sp³-hybridized carbons (Fsp3) is 0.625. The number of aryl methyl sites for hydroxylation is 1. The standard InChI is InChI=1S/C16H20N2O4S2/c1-10-2-7-16(23-10)24(21,22)18-11-3-4-12(18)9-13(8-11)17-14(19)5-6-15(17)20/h2,7,11-13H,3-6,8-9H2,1H3. The molecule has 1 aromatic heterocycles. The molecular formula is C16H20N2O4S2. The maximum atomic E-state index is 13.0. The molecule has 0 spiro atoms. The Labute approximate surface area is 145 Å². The number of hydrogen-bond acceptors (Lipinski definition) is 5. The smallest absolute Gasteiger partial charge is 0.253 e. The van der Waals surface area contributed by atoms with Gasteiger partial charge in [-0.3, -0.25) is 14.5 Å². The molecule has 3 aliphatic rings. The zero-order valence-corrected chi connectivity index (χ0v) is 15.1. The molecule has 2 unspecified atom stereocenters. The number of hydrogen-bond donors (Lipinski definition) is 0. The SMILES string of the molecule is Cc1ccc(S(=O)(=O)N2C3CCC2CC(N2C(=O)CCC2=O)C3)s1. The Morgan fingerprint density at radius 1 is 1.00 bits per heavy atom. The van der Waals surface area contributed by atoms with E-state index in [2.05, 4.69) is 0 Å². The predicted molar refractivity (Wildman–Crippen MR) is 89.0 cm³/mol. The number of carbonyl (C=O) groups excluding carboxylic acids is 2. The highest BCUT2D eigenvalue weighted by atomic mass is 32.2. The molecule has 0 saturated carbocycles. The summed E-state index contributed by atoms with van der Waals surface area (Å²) >= 11 is 1.30. The molecule has 2 atom stereocenters. The third kappa shape index (κ3) is 2.43. The summed E-state index contributed by atoms with van der Waals surface area (Å²) < 4.78 is 28.1. The van der Waals surface area contributed by atoms with E-state index in [-0.39, 0.29) is 29.9 Å². The molecule has 0 N–H and O–H groups in total. The molecule has 130 valence electrons. The Morgan fingerprint density at radius 3 is 2.08 bits per heavy atom. The van der Waals surface area contributed by atoms with E-state index < -0.39 is 10.0 Å². The van der Waals surface area contributed by atoms with Gasteiger partial charge in [0.15, 0.2) is 0 Å². The van der Waals surface area contributed by atoms with Gasteiger partial charge in [0.05, 0.1) is 0 Å². The highest BCUT2D eigenvalue weighted by Gasteiger charge is 2.50. The van der Waals surface area contributed by atoms with Crippen LogP contribution in [0.15, 0.2) is 16.3 Å². The number of sulfonamides is 1. The maximum absolute atomic E-state index is 13.0. The van der Waals surface area contributed by atoms with E-state index in [9.17, 15) is 18.0 Å². The number of piperidine rings is 1. The molecule has 0 radical (unpaired) electrons. The van der Waals surface area contributed by atoms with Crippen molar-refractivity contribution >= 4 is 33.2 Å². The Morgan fingerprint density at radius 2 is 1.58 bits per heavy atom. The van der Waals surface area contributed by atoms with Gasteiger partial charge in [-0.2, -0.15) is 4.31 Å².